The molecule has 2 aromatic rings. The number of nitrogens with zero attached hydrogens (tertiary/aromatic N) is 3. The molecule has 108 valence electrons. The standard InChI is InChI=1S/C17H18BrN3/c1-3-21(12-16-6-4-5-13(2)20-16)17-8-7-14(10-18)9-15(17)11-19/h4-9H,3,10,12H2,1-2H3. The predicted molar refractivity (Wildman–Crippen MR) is 89.5 cm³/mol. The van der Waals surface area contributed by atoms with Gasteiger partial charge in [-0.15, -0.1) is 0 Å². The molecule has 0 amide bonds. The highest BCUT2D eigenvalue weighted by Gasteiger charge is 2.11. The number of pyridine rings is 1. The molecule has 0 unspecified atom stereocenters. The number of rotatable bonds is 5. The molecule has 0 saturated heterocycles. The Hall–Kier alpha value is -1.86. The molecule has 1 aromatic carbocycles. The summed E-state index contributed by atoms with van der Waals surface area (Å²) in [6.07, 6.45) is 0. The first-order chi connectivity index (χ1) is 10.2. The van der Waals surface area contributed by atoms with Crippen LogP contribution >= 0.6 is 15.9 Å². The largest absolute Gasteiger partial charge is 0.365 e. The number of benzene rings is 1. The summed E-state index contributed by atoms with van der Waals surface area (Å²) >= 11 is 3.43. The van der Waals surface area contributed by atoms with Crippen LogP contribution in [-0.2, 0) is 11.9 Å². The highest BCUT2D eigenvalue weighted by atomic mass is 79.9. The minimum absolute atomic E-state index is 0.709. The Kier molecular flexibility index (Phi) is 5.35. The van der Waals surface area contributed by atoms with Gasteiger partial charge in [-0.1, -0.05) is 28.1 Å². The fraction of sp³-hybridized carbons (Fsp3) is 0.294. The lowest BCUT2D eigenvalue weighted by Crippen LogP contribution is -2.23. The van der Waals surface area contributed by atoms with Crippen molar-refractivity contribution in [2.24, 2.45) is 0 Å². The predicted octanol–water partition coefficient (Wildman–Crippen LogP) is 4.18. The molecule has 0 radical (unpaired) electrons. The van der Waals surface area contributed by atoms with Crippen LogP contribution < -0.4 is 4.90 Å². The third-order valence-electron chi connectivity index (χ3n) is 3.36. The van der Waals surface area contributed by atoms with E-state index in [0.717, 1.165) is 34.5 Å². The molecule has 0 bridgehead atoms. The Labute approximate surface area is 134 Å². The first-order valence-corrected chi connectivity index (χ1v) is 8.06. The van der Waals surface area contributed by atoms with Gasteiger partial charge in [0.25, 0.3) is 0 Å². The van der Waals surface area contributed by atoms with Crippen molar-refractivity contribution in [2.45, 2.75) is 25.7 Å². The zero-order valence-corrected chi connectivity index (χ0v) is 13.9. The first kappa shape index (κ1) is 15.5. The van der Waals surface area contributed by atoms with Gasteiger partial charge in [0.05, 0.1) is 23.5 Å². The van der Waals surface area contributed by atoms with Crippen LogP contribution in [0.1, 0.15) is 29.4 Å². The minimum Gasteiger partial charge on any atom is -0.365 e. The van der Waals surface area contributed by atoms with Crippen LogP contribution in [0.2, 0.25) is 0 Å². The summed E-state index contributed by atoms with van der Waals surface area (Å²) in [6.45, 7) is 5.62. The summed E-state index contributed by atoms with van der Waals surface area (Å²) < 4.78 is 0. The Balaban J connectivity index is 2.31. The maximum Gasteiger partial charge on any atom is 0.101 e. The number of hydrogen-bond acceptors (Lipinski definition) is 3. The number of hydrogen-bond donors (Lipinski definition) is 0. The third kappa shape index (κ3) is 3.83. The van der Waals surface area contributed by atoms with Crippen LogP contribution in [0.3, 0.4) is 0 Å². The van der Waals surface area contributed by atoms with Gasteiger partial charge in [-0.2, -0.15) is 5.26 Å². The van der Waals surface area contributed by atoms with Crippen molar-refractivity contribution in [1.82, 2.24) is 4.98 Å². The highest BCUT2D eigenvalue weighted by Crippen LogP contribution is 2.24. The van der Waals surface area contributed by atoms with E-state index in [1.807, 2.05) is 37.3 Å². The van der Waals surface area contributed by atoms with Crippen molar-refractivity contribution in [3.63, 3.8) is 0 Å². The fourth-order valence-electron chi connectivity index (χ4n) is 2.28. The molecule has 2 rings (SSSR count). The SMILES string of the molecule is CCN(Cc1cccc(C)n1)c1ccc(CBr)cc1C#N. The molecular formula is C17H18BrN3. The van der Waals surface area contributed by atoms with Gasteiger partial charge < -0.3 is 4.90 Å². The van der Waals surface area contributed by atoms with Gasteiger partial charge in [0, 0.05) is 17.6 Å². The summed E-state index contributed by atoms with van der Waals surface area (Å²) in [5, 5.41) is 10.1. The van der Waals surface area contributed by atoms with Crippen molar-refractivity contribution in [3.05, 3.63) is 58.9 Å². The van der Waals surface area contributed by atoms with E-state index >= 15 is 0 Å². The van der Waals surface area contributed by atoms with E-state index in [4.69, 9.17) is 0 Å². The van der Waals surface area contributed by atoms with E-state index in [0.29, 0.717) is 12.1 Å². The van der Waals surface area contributed by atoms with E-state index in [1.165, 1.54) is 0 Å². The van der Waals surface area contributed by atoms with Gasteiger partial charge in [-0.25, -0.2) is 0 Å². The van der Waals surface area contributed by atoms with Crippen molar-refractivity contribution >= 4 is 21.6 Å². The normalized spacial score (nSPS) is 10.2. The number of anilines is 1. The zero-order valence-electron chi connectivity index (χ0n) is 12.3. The molecule has 0 aliphatic heterocycles. The molecule has 0 aliphatic rings. The molecule has 0 N–H and O–H groups in total. The maximum atomic E-state index is 9.39. The monoisotopic (exact) mass is 343 g/mol. The van der Waals surface area contributed by atoms with Crippen molar-refractivity contribution < 1.29 is 0 Å². The Morgan fingerprint density at radius 1 is 1.29 bits per heavy atom. The number of alkyl halides is 1. The van der Waals surface area contributed by atoms with Gasteiger partial charge in [-0.3, -0.25) is 4.98 Å². The Morgan fingerprint density at radius 3 is 2.71 bits per heavy atom. The quantitative estimate of drug-likeness (QED) is 0.764. The fourth-order valence-corrected chi connectivity index (χ4v) is 2.63. The summed E-state index contributed by atoms with van der Waals surface area (Å²) in [7, 11) is 0. The average molecular weight is 344 g/mol. The molecule has 0 spiro atoms. The molecule has 0 aliphatic carbocycles. The molecular weight excluding hydrogens is 326 g/mol. The van der Waals surface area contributed by atoms with Crippen LogP contribution in [0.25, 0.3) is 0 Å². The Morgan fingerprint density at radius 2 is 2.10 bits per heavy atom. The molecule has 3 nitrogen and oxygen atoms in total. The smallest absolute Gasteiger partial charge is 0.101 e. The van der Waals surface area contributed by atoms with Gasteiger partial charge in [-0.05, 0) is 43.7 Å². The van der Waals surface area contributed by atoms with Gasteiger partial charge >= 0.3 is 0 Å². The highest BCUT2D eigenvalue weighted by molar-refractivity contribution is 9.08. The van der Waals surface area contributed by atoms with Crippen LogP contribution in [0.5, 0.6) is 0 Å². The summed E-state index contributed by atoms with van der Waals surface area (Å²) in [5.41, 5.74) is 4.82. The Bertz CT molecular complexity index is 661. The molecule has 0 saturated carbocycles. The summed E-state index contributed by atoms with van der Waals surface area (Å²) in [4.78, 5) is 6.72. The van der Waals surface area contributed by atoms with Crippen LogP contribution in [0, 0.1) is 18.3 Å². The number of nitriles is 1. The number of aryl methyl sites for hydroxylation is 1. The number of halogens is 1. The van der Waals surface area contributed by atoms with E-state index in [1.54, 1.807) is 0 Å². The van der Waals surface area contributed by atoms with Crippen LogP contribution in [0.4, 0.5) is 5.69 Å². The van der Waals surface area contributed by atoms with Crippen molar-refractivity contribution in [1.29, 1.82) is 5.26 Å². The topological polar surface area (TPSA) is 39.9 Å². The average Bonchev–Trinajstić information content (AvgIpc) is 2.52. The van der Waals surface area contributed by atoms with E-state index < -0.39 is 0 Å². The van der Waals surface area contributed by atoms with Crippen molar-refractivity contribution in [2.75, 3.05) is 11.4 Å². The summed E-state index contributed by atoms with van der Waals surface area (Å²) in [6, 6.07) is 14.3. The van der Waals surface area contributed by atoms with Gasteiger partial charge in [0.1, 0.15) is 6.07 Å². The first-order valence-electron chi connectivity index (χ1n) is 6.94. The van der Waals surface area contributed by atoms with Crippen molar-refractivity contribution in [3.8, 4) is 6.07 Å². The van der Waals surface area contributed by atoms with E-state index in [2.05, 4.69) is 44.9 Å². The lowest BCUT2D eigenvalue weighted by molar-refractivity contribution is 0.804. The lowest BCUT2D eigenvalue weighted by atomic mass is 10.1. The molecule has 1 aromatic heterocycles. The summed E-state index contributed by atoms with van der Waals surface area (Å²) in [5.74, 6) is 0. The maximum absolute atomic E-state index is 9.39. The second-order valence-corrected chi connectivity index (χ2v) is 5.44. The molecule has 0 atom stereocenters. The number of aromatic nitrogens is 1. The van der Waals surface area contributed by atoms with Crippen LogP contribution in [0.15, 0.2) is 36.4 Å². The molecule has 4 heteroatoms. The lowest BCUT2D eigenvalue weighted by Gasteiger charge is -2.24. The molecule has 0 fully saturated rings. The zero-order chi connectivity index (χ0) is 15.2. The van der Waals surface area contributed by atoms with E-state index in [-0.39, 0.29) is 0 Å². The van der Waals surface area contributed by atoms with Gasteiger partial charge in [0.15, 0.2) is 0 Å². The minimum atomic E-state index is 0.709. The van der Waals surface area contributed by atoms with Crippen LogP contribution in [-0.4, -0.2) is 11.5 Å². The van der Waals surface area contributed by atoms with E-state index in [9.17, 15) is 5.26 Å². The second kappa shape index (κ2) is 7.24. The van der Waals surface area contributed by atoms with Gasteiger partial charge in [0.2, 0.25) is 0 Å². The molecule has 1 heterocycles. The molecule has 21 heavy (non-hydrogen) atoms. The third-order valence-corrected chi connectivity index (χ3v) is 4.00. The second-order valence-electron chi connectivity index (χ2n) is 4.88.